The predicted molar refractivity (Wildman–Crippen MR) is 94.4 cm³/mol. The fourth-order valence-electron chi connectivity index (χ4n) is 2.26. The minimum Gasteiger partial charge on any atom is -0.335 e. The number of primary sulfonamides is 1. The van der Waals surface area contributed by atoms with E-state index in [2.05, 4.69) is 0 Å². The number of nitrogens with zero attached hydrogens (tertiary/aromatic N) is 1. The molecule has 0 aromatic heterocycles. The lowest BCUT2D eigenvalue weighted by Gasteiger charge is -2.24. The lowest BCUT2D eigenvalue weighted by Crippen LogP contribution is -2.28. The molecular weight excluding hydrogens is 343 g/mol. The van der Waals surface area contributed by atoms with E-state index in [1.807, 2.05) is 0 Å². The third-order valence-corrected chi connectivity index (χ3v) is 4.78. The van der Waals surface area contributed by atoms with Crippen LogP contribution in [0.1, 0.15) is 24.1 Å². The summed E-state index contributed by atoms with van der Waals surface area (Å²) in [6.45, 7) is 1.77. The Kier molecular flexibility index (Phi) is 5.71. The molecule has 132 valence electrons. The standard InChI is InChI=1S/C18H19FN2O3S/c1-13(15-6-4-8-17(12-15)25(20,23)24)21(2)18(22)10-9-14-5-3-7-16(19)11-14/h3-13H,1-2H3,(H2,20,23,24)/b10-9+. The van der Waals surface area contributed by atoms with Gasteiger partial charge in [0.2, 0.25) is 15.9 Å². The van der Waals surface area contributed by atoms with E-state index in [1.54, 1.807) is 38.2 Å². The topological polar surface area (TPSA) is 80.5 Å². The van der Waals surface area contributed by atoms with Gasteiger partial charge in [-0.25, -0.2) is 17.9 Å². The van der Waals surface area contributed by atoms with Gasteiger partial charge in [-0.15, -0.1) is 0 Å². The van der Waals surface area contributed by atoms with Crippen LogP contribution in [-0.2, 0) is 14.8 Å². The van der Waals surface area contributed by atoms with E-state index >= 15 is 0 Å². The van der Waals surface area contributed by atoms with Crippen molar-refractivity contribution in [3.05, 3.63) is 71.6 Å². The number of carbonyl (C=O) groups is 1. The van der Waals surface area contributed by atoms with E-state index in [0.717, 1.165) is 0 Å². The third-order valence-electron chi connectivity index (χ3n) is 3.86. The molecule has 2 N–H and O–H groups in total. The van der Waals surface area contributed by atoms with Crippen LogP contribution >= 0.6 is 0 Å². The van der Waals surface area contributed by atoms with E-state index in [-0.39, 0.29) is 22.7 Å². The third kappa shape index (κ3) is 4.98. The van der Waals surface area contributed by atoms with Crippen LogP contribution in [-0.4, -0.2) is 26.3 Å². The predicted octanol–water partition coefficient (Wildman–Crippen LogP) is 2.71. The first kappa shape index (κ1) is 18.8. The van der Waals surface area contributed by atoms with Crippen LogP contribution in [0.3, 0.4) is 0 Å². The number of hydrogen-bond acceptors (Lipinski definition) is 3. The molecule has 2 rings (SSSR count). The Balaban J connectivity index is 2.16. The molecule has 0 aliphatic carbocycles. The number of amides is 1. The molecule has 1 unspecified atom stereocenters. The van der Waals surface area contributed by atoms with Crippen LogP contribution in [0.4, 0.5) is 4.39 Å². The van der Waals surface area contributed by atoms with Crippen LogP contribution in [0.2, 0.25) is 0 Å². The second-order valence-electron chi connectivity index (χ2n) is 5.63. The zero-order valence-corrected chi connectivity index (χ0v) is 14.7. The van der Waals surface area contributed by atoms with Gasteiger partial charge >= 0.3 is 0 Å². The van der Waals surface area contributed by atoms with Crippen molar-refractivity contribution in [2.75, 3.05) is 7.05 Å². The molecule has 0 aliphatic heterocycles. The zero-order chi connectivity index (χ0) is 18.6. The Morgan fingerprint density at radius 1 is 1.20 bits per heavy atom. The minimum absolute atomic E-state index is 0.00648. The molecule has 0 heterocycles. The van der Waals surface area contributed by atoms with Gasteiger partial charge in [-0.05, 0) is 48.4 Å². The fourth-order valence-corrected chi connectivity index (χ4v) is 2.83. The van der Waals surface area contributed by atoms with Gasteiger partial charge in [-0.2, -0.15) is 0 Å². The highest BCUT2D eigenvalue weighted by Gasteiger charge is 2.17. The second kappa shape index (κ2) is 7.58. The molecule has 25 heavy (non-hydrogen) atoms. The molecule has 1 amide bonds. The van der Waals surface area contributed by atoms with Crippen molar-refractivity contribution in [2.45, 2.75) is 17.9 Å². The normalized spacial score (nSPS) is 13.0. The van der Waals surface area contributed by atoms with E-state index in [1.165, 1.54) is 41.3 Å². The Morgan fingerprint density at radius 3 is 2.52 bits per heavy atom. The summed E-state index contributed by atoms with van der Waals surface area (Å²) in [4.78, 5) is 13.8. The van der Waals surface area contributed by atoms with Crippen molar-refractivity contribution in [1.82, 2.24) is 4.90 Å². The van der Waals surface area contributed by atoms with Gasteiger partial charge in [0.15, 0.2) is 0 Å². The molecule has 7 heteroatoms. The summed E-state index contributed by atoms with van der Waals surface area (Å²) in [6, 6.07) is 11.7. The molecule has 0 spiro atoms. The number of halogens is 1. The molecule has 1 atom stereocenters. The van der Waals surface area contributed by atoms with Crippen molar-refractivity contribution >= 4 is 22.0 Å². The Labute approximate surface area is 146 Å². The van der Waals surface area contributed by atoms with Crippen molar-refractivity contribution in [1.29, 1.82) is 0 Å². The summed E-state index contributed by atoms with van der Waals surface area (Å²) in [5.41, 5.74) is 1.21. The lowest BCUT2D eigenvalue weighted by atomic mass is 10.1. The summed E-state index contributed by atoms with van der Waals surface area (Å²) in [5, 5.41) is 5.14. The van der Waals surface area contributed by atoms with Gasteiger partial charge in [0.25, 0.3) is 0 Å². The molecule has 0 fully saturated rings. The Bertz CT molecular complexity index is 910. The number of likely N-dealkylation sites (N-methyl/N-ethyl adjacent to an activating group) is 1. The SMILES string of the molecule is CC(c1cccc(S(N)(=O)=O)c1)N(C)C(=O)/C=C/c1cccc(F)c1. The quantitative estimate of drug-likeness (QED) is 0.831. The van der Waals surface area contributed by atoms with Crippen LogP contribution in [0.5, 0.6) is 0 Å². The number of benzene rings is 2. The maximum absolute atomic E-state index is 13.1. The first-order valence-electron chi connectivity index (χ1n) is 7.51. The minimum atomic E-state index is -3.81. The smallest absolute Gasteiger partial charge is 0.246 e. The molecule has 0 saturated heterocycles. The monoisotopic (exact) mass is 362 g/mol. The van der Waals surface area contributed by atoms with Crippen LogP contribution in [0.25, 0.3) is 6.08 Å². The van der Waals surface area contributed by atoms with Gasteiger partial charge in [0.05, 0.1) is 10.9 Å². The van der Waals surface area contributed by atoms with Gasteiger partial charge in [-0.1, -0.05) is 24.3 Å². The molecule has 0 saturated carbocycles. The zero-order valence-electron chi connectivity index (χ0n) is 13.9. The number of rotatable bonds is 5. The first-order valence-corrected chi connectivity index (χ1v) is 9.06. The van der Waals surface area contributed by atoms with E-state index in [0.29, 0.717) is 11.1 Å². The van der Waals surface area contributed by atoms with Gasteiger partial charge < -0.3 is 4.90 Å². The molecule has 2 aromatic rings. The van der Waals surface area contributed by atoms with Crippen molar-refractivity contribution in [3.8, 4) is 0 Å². The Hall–Kier alpha value is -2.51. The highest BCUT2D eigenvalue weighted by Crippen LogP contribution is 2.21. The summed E-state index contributed by atoms with van der Waals surface area (Å²) in [5.74, 6) is -0.672. The average Bonchev–Trinajstić information content (AvgIpc) is 2.58. The number of sulfonamides is 1. The van der Waals surface area contributed by atoms with E-state index in [9.17, 15) is 17.6 Å². The van der Waals surface area contributed by atoms with Crippen molar-refractivity contribution in [2.24, 2.45) is 5.14 Å². The number of nitrogens with two attached hydrogens (primary N) is 1. The largest absolute Gasteiger partial charge is 0.335 e. The molecule has 2 aromatic carbocycles. The fraction of sp³-hybridized carbons (Fsp3) is 0.167. The lowest BCUT2D eigenvalue weighted by molar-refractivity contribution is -0.126. The second-order valence-corrected chi connectivity index (χ2v) is 7.19. The molecule has 0 aliphatic rings. The summed E-state index contributed by atoms with van der Waals surface area (Å²) in [7, 11) is -2.20. The number of carbonyl (C=O) groups excluding carboxylic acids is 1. The van der Waals surface area contributed by atoms with E-state index in [4.69, 9.17) is 5.14 Å². The first-order chi connectivity index (χ1) is 11.7. The average molecular weight is 362 g/mol. The van der Waals surface area contributed by atoms with Gasteiger partial charge in [0.1, 0.15) is 5.82 Å². The maximum atomic E-state index is 13.1. The summed E-state index contributed by atoms with van der Waals surface area (Å²) >= 11 is 0. The summed E-state index contributed by atoms with van der Waals surface area (Å²) < 4.78 is 36.1. The van der Waals surface area contributed by atoms with Crippen LogP contribution in [0, 0.1) is 5.82 Å². The van der Waals surface area contributed by atoms with E-state index < -0.39 is 10.0 Å². The summed E-state index contributed by atoms with van der Waals surface area (Å²) in [6.07, 6.45) is 2.87. The molecule has 0 bridgehead atoms. The molecule has 5 nitrogen and oxygen atoms in total. The molecule has 0 radical (unpaired) electrons. The maximum Gasteiger partial charge on any atom is 0.246 e. The van der Waals surface area contributed by atoms with Crippen molar-refractivity contribution < 1.29 is 17.6 Å². The highest BCUT2D eigenvalue weighted by molar-refractivity contribution is 7.89. The highest BCUT2D eigenvalue weighted by atomic mass is 32.2. The molecular formula is C18H19FN2O3S. The number of hydrogen-bond donors (Lipinski definition) is 1. The van der Waals surface area contributed by atoms with Crippen LogP contribution < -0.4 is 5.14 Å². The Morgan fingerprint density at radius 2 is 1.88 bits per heavy atom. The van der Waals surface area contributed by atoms with Crippen molar-refractivity contribution in [3.63, 3.8) is 0 Å². The van der Waals surface area contributed by atoms with Crippen LogP contribution in [0.15, 0.2) is 59.5 Å². The van der Waals surface area contributed by atoms with Gasteiger partial charge in [-0.3, -0.25) is 4.79 Å². The van der Waals surface area contributed by atoms with Gasteiger partial charge in [0, 0.05) is 13.1 Å².